The van der Waals surface area contributed by atoms with Crippen LogP contribution in [0, 0.1) is 6.92 Å². The lowest BCUT2D eigenvalue weighted by molar-refractivity contribution is -0.111. The summed E-state index contributed by atoms with van der Waals surface area (Å²) in [6.07, 6.45) is 5.01. The lowest BCUT2D eigenvalue weighted by Crippen LogP contribution is -2.21. The highest BCUT2D eigenvalue weighted by molar-refractivity contribution is 7.12. The Hall–Kier alpha value is -3.45. The van der Waals surface area contributed by atoms with Gasteiger partial charge in [0.05, 0.1) is 6.54 Å². The summed E-state index contributed by atoms with van der Waals surface area (Å²) in [4.78, 5) is 26.8. The van der Waals surface area contributed by atoms with E-state index in [4.69, 9.17) is 0 Å². The second-order valence-electron chi connectivity index (χ2n) is 6.34. The number of anilines is 1. The average molecular weight is 390 g/mol. The number of aromatic nitrogens is 3. The minimum absolute atomic E-state index is 0.195. The van der Waals surface area contributed by atoms with Crippen LogP contribution in [0.3, 0.4) is 0 Å². The van der Waals surface area contributed by atoms with Gasteiger partial charge in [-0.15, -0.1) is 16.4 Å². The number of nitrogens with one attached hydrogen (secondary N) is 1. The van der Waals surface area contributed by atoms with Crippen LogP contribution < -0.4 is 11.0 Å². The highest BCUT2D eigenvalue weighted by atomic mass is 32.1. The Morgan fingerprint density at radius 1 is 1.18 bits per heavy atom. The van der Waals surface area contributed by atoms with Gasteiger partial charge in [-0.1, -0.05) is 18.2 Å². The van der Waals surface area contributed by atoms with Gasteiger partial charge in [0.1, 0.15) is 0 Å². The first-order chi connectivity index (χ1) is 13.6. The number of pyridine rings is 1. The molecule has 0 atom stereocenters. The monoisotopic (exact) mass is 390 g/mol. The molecule has 1 aromatic carbocycles. The van der Waals surface area contributed by atoms with E-state index in [1.807, 2.05) is 49.4 Å². The molecule has 6 nitrogen and oxygen atoms in total. The number of benzene rings is 1. The van der Waals surface area contributed by atoms with Crippen LogP contribution in [-0.4, -0.2) is 20.1 Å². The molecular formula is C21H18N4O2S. The van der Waals surface area contributed by atoms with Crippen LogP contribution in [0.4, 0.5) is 5.69 Å². The summed E-state index contributed by atoms with van der Waals surface area (Å²) in [6.45, 7) is 2.36. The van der Waals surface area contributed by atoms with E-state index < -0.39 is 0 Å². The number of aryl methyl sites for hydroxylation is 1. The Kier molecular flexibility index (Phi) is 4.90. The maximum Gasteiger partial charge on any atom is 0.350 e. The quantitative estimate of drug-likeness (QED) is 0.530. The minimum Gasteiger partial charge on any atom is -0.323 e. The van der Waals surface area contributed by atoms with E-state index >= 15 is 0 Å². The molecule has 3 heterocycles. The van der Waals surface area contributed by atoms with Gasteiger partial charge < -0.3 is 5.32 Å². The predicted molar refractivity (Wildman–Crippen MR) is 112 cm³/mol. The van der Waals surface area contributed by atoms with Crippen LogP contribution in [0.5, 0.6) is 0 Å². The van der Waals surface area contributed by atoms with Crippen LogP contribution in [0.25, 0.3) is 11.7 Å². The van der Waals surface area contributed by atoms with Gasteiger partial charge >= 0.3 is 5.69 Å². The van der Waals surface area contributed by atoms with Crippen LogP contribution in [-0.2, 0) is 11.3 Å². The molecule has 4 aromatic rings. The largest absolute Gasteiger partial charge is 0.350 e. The number of hydrogen-bond donors (Lipinski definition) is 1. The highest BCUT2D eigenvalue weighted by Gasteiger charge is 2.07. The van der Waals surface area contributed by atoms with Gasteiger partial charge in [0, 0.05) is 27.7 Å². The molecule has 3 aromatic heterocycles. The van der Waals surface area contributed by atoms with Gasteiger partial charge in [0.2, 0.25) is 5.91 Å². The van der Waals surface area contributed by atoms with Gasteiger partial charge in [-0.3, -0.25) is 9.20 Å². The summed E-state index contributed by atoms with van der Waals surface area (Å²) >= 11 is 1.63. The molecule has 0 spiro atoms. The second-order valence-corrected chi connectivity index (χ2v) is 7.66. The molecule has 4 rings (SSSR count). The third kappa shape index (κ3) is 3.94. The topological polar surface area (TPSA) is 68.4 Å². The number of fused-ring (bicyclic) bond motifs is 1. The van der Waals surface area contributed by atoms with Crippen molar-refractivity contribution < 1.29 is 4.79 Å². The van der Waals surface area contributed by atoms with Crippen molar-refractivity contribution in [3.8, 4) is 0 Å². The van der Waals surface area contributed by atoms with Crippen molar-refractivity contribution in [3.63, 3.8) is 0 Å². The van der Waals surface area contributed by atoms with E-state index in [9.17, 15) is 9.59 Å². The molecule has 0 aliphatic heterocycles. The second kappa shape index (κ2) is 7.66. The molecular weight excluding hydrogens is 372 g/mol. The molecule has 0 bridgehead atoms. The van der Waals surface area contributed by atoms with E-state index in [1.165, 1.54) is 20.0 Å². The summed E-state index contributed by atoms with van der Waals surface area (Å²) in [5.41, 5.74) is 1.96. The fourth-order valence-corrected chi connectivity index (χ4v) is 3.66. The Balaban J connectivity index is 1.48. The Bertz CT molecular complexity index is 1230. The number of carbonyl (C=O) groups is 1. The molecule has 0 saturated carbocycles. The number of thiophene rings is 1. The fraction of sp³-hybridized carbons (Fsp3) is 0.0952. The summed E-state index contributed by atoms with van der Waals surface area (Å²) in [7, 11) is 0. The number of hydrogen-bond acceptors (Lipinski definition) is 4. The zero-order chi connectivity index (χ0) is 19.5. The number of nitrogens with zero attached hydrogens (tertiary/aromatic N) is 3. The highest BCUT2D eigenvalue weighted by Crippen LogP contribution is 2.17. The fourth-order valence-electron chi connectivity index (χ4n) is 2.88. The molecule has 0 saturated heterocycles. The van der Waals surface area contributed by atoms with E-state index in [1.54, 1.807) is 35.7 Å². The molecule has 7 heteroatoms. The van der Waals surface area contributed by atoms with E-state index in [-0.39, 0.29) is 11.6 Å². The summed E-state index contributed by atoms with van der Waals surface area (Å²) in [5.74, 6) is -0.201. The molecule has 0 aliphatic rings. The average Bonchev–Trinajstić information content (AvgIpc) is 3.24. The van der Waals surface area contributed by atoms with Gasteiger partial charge in [-0.2, -0.15) is 0 Å². The molecule has 1 N–H and O–H groups in total. The molecule has 140 valence electrons. The lowest BCUT2D eigenvalue weighted by Gasteiger charge is -2.05. The van der Waals surface area contributed by atoms with Crippen molar-refractivity contribution in [2.45, 2.75) is 13.5 Å². The lowest BCUT2D eigenvalue weighted by atomic mass is 10.2. The van der Waals surface area contributed by atoms with Crippen molar-refractivity contribution in [2.75, 3.05) is 5.32 Å². The summed E-state index contributed by atoms with van der Waals surface area (Å²) in [5, 5.41) is 7.19. The molecule has 1 amide bonds. The Morgan fingerprint density at radius 3 is 2.86 bits per heavy atom. The first-order valence-corrected chi connectivity index (χ1v) is 9.59. The smallest absolute Gasteiger partial charge is 0.323 e. The zero-order valence-electron chi connectivity index (χ0n) is 15.2. The third-order valence-corrected chi connectivity index (χ3v) is 5.14. The maximum atomic E-state index is 12.4. The standard InChI is InChI=1S/C21H18N4O2S/c1-15-8-9-18(28-15)10-11-20(26)22-17-6-4-5-16(13-17)14-25-21(27)24-12-3-2-7-19(24)23-25/h2-13H,14H2,1H3,(H,22,26)/b11-10+. The van der Waals surface area contributed by atoms with Crippen molar-refractivity contribution in [2.24, 2.45) is 0 Å². The normalized spacial score (nSPS) is 11.3. The first kappa shape index (κ1) is 17.9. The molecule has 0 radical (unpaired) electrons. The first-order valence-electron chi connectivity index (χ1n) is 8.77. The van der Waals surface area contributed by atoms with Crippen LogP contribution in [0.1, 0.15) is 15.3 Å². The Labute approximate surface area is 165 Å². The van der Waals surface area contributed by atoms with Crippen molar-refractivity contribution in [1.29, 1.82) is 0 Å². The summed E-state index contributed by atoms with van der Waals surface area (Å²) in [6, 6.07) is 16.8. The maximum absolute atomic E-state index is 12.4. The van der Waals surface area contributed by atoms with Gasteiger partial charge in [-0.05, 0) is 55.0 Å². The minimum atomic E-state index is -0.201. The predicted octanol–water partition coefficient (Wildman–Crippen LogP) is 3.57. The number of amides is 1. The number of carbonyl (C=O) groups excluding carboxylic acids is 1. The summed E-state index contributed by atoms with van der Waals surface area (Å²) < 4.78 is 2.91. The van der Waals surface area contributed by atoms with E-state index in [0.717, 1.165) is 10.4 Å². The molecule has 28 heavy (non-hydrogen) atoms. The van der Waals surface area contributed by atoms with Gasteiger partial charge in [-0.25, -0.2) is 9.48 Å². The van der Waals surface area contributed by atoms with E-state index in [2.05, 4.69) is 10.4 Å². The van der Waals surface area contributed by atoms with E-state index in [0.29, 0.717) is 17.9 Å². The third-order valence-electron chi connectivity index (χ3n) is 4.18. The molecule has 0 aliphatic carbocycles. The van der Waals surface area contributed by atoms with Crippen molar-refractivity contribution in [3.05, 3.63) is 92.7 Å². The van der Waals surface area contributed by atoms with Crippen LogP contribution >= 0.6 is 11.3 Å². The zero-order valence-corrected chi connectivity index (χ0v) is 16.0. The van der Waals surface area contributed by atoms with Crippen molar-refractivity contribution >= 4 is 34.7 Å². The van der Waals surface area contributed by atoms with Crippen molar-refractivity contribution in [1.82, 2.24) is 14.2 Å². The Morgan fingerprint density at radius 2 is 2.07 bits per heavy atom. The van der Waals surface area contributed by atoms with Crippen LogP contribution in [0.2, 0.25) is 0 Å². The van der Waals surface area contributed by atoms with Crippen LogP contribution in [0.15, 0.2) is 71.7 Å². The number of rotatable bonds is 5. The van der Waals surface area contributed by atoms with Gasteiger partial charge in [0.25, 0.3) is 0 Å². The van der Waals surface area contributed by atoms with Gasteiger partial charge in [0.15, 0.2) is 5.65 Å². The molecule has 0 unspecified atom stereocenters. The SMILES string of the molecule is Cc1ccc(/C=C/C(=O)Nc2cccc(Cn3nc4ccccn4c3=O)c2)s1. The molecule has 0 fully saturated rings.